The van der Waals surface area contributed by atoms with E-state index in [0.29, 0.717) is 11.4 Å². The van der Waals surface area contributed by atoms with E-state index in [2.05, 4.69) is 5.16 Å². The molecule has 1 saturated heterocycles. The van der Waals surface area contributed by atoms with E-state index in [-0.39, 0.29) is 13.0 Å². The molecule has 1 amide bonds. The minimum absolute atomic E-state index is 0.180. The van der Waals surface area contributed by atoms with Gasteiger partial charge in [-0.15, -0.1) is 0 Å². The van der Waals surface area contributed by atoms with Crippen molar-refractivity contribution in [3.63, 3.8) is 0 Å². The van der Waals surface area contributed by atoms with Crippen molar-refractivity contribution in [1.29, 1.82) is 0 Å². The number of likely N-dealkylation sites (tertiary alicyclic amines) is 1. The van der Waals surface area contributed by atoms with Crippen LogP contribution in [0.4, 0.5) is 4.79 Å². The second-order valence-corrected chi connectivity index (χ2v) is 10.3. The summed E-state index contributed by atoms with van der Waals surface area (Å²) in [5, 5.41) is 4.85. The lowest BCUT2D eigenvalue weighted by Crippen LogP contribution is -2.46. The molecule has 0 aliphatic carbocycles. The number of carbonyl (C=O) groups is 2. The van der Waals surface area contributed by atoms with Crippen LogP contribution in [0.3, 0.4) is 0 Å². The van der Waals surface area contributed by atoms with Crippen molar-refractivity contribution in [3.8, 4) is 0 Å². The average molecular weight is 437 g/mol. The van der Waals surface area contributed by atoms with E-state index in [1.165, 1.54) is 4.90 Å². The normalized spacial score (nSPS) is 23.9. The van der Waals surface area contributed by atoms with E-state index in [0.717, 1.165) is 11.3 Å². The van der Waals surface area contributed by atoms with Gasteiger partial charge in [0.2, 0.25) is 0 Å². The van der Waals surface area contributed by atoms with Crippen molar-refractivity contribution < 1.29 is 23.9 Å². The molecule has 0 bridgehead atoms. The minimum Gasteiger partial charge on any atom is -0.458 e. The molecule has 2 atom stereocenters. The molecule has 0 radical (unpaired) electrons. The second kappa shape index (κ2) is 7.76. The highest BCUT2D eigenvalue weighted by Crippen LogP contribution is 2.40. The van der Waals surface area contributed by atoms with Crippen molar-refractivity contribution in [2.75, 3.05) is 6.54 Å². The van der Waals surface area contributed by atoms with Crippen LogP contribution in [0.2, 0.25) is 5.02 Å². The number of oxime groups is 1. The predicted octanol–water partition coefficient (Wildman–Crippen LogP) is 4.55. The number of esters is 1. The molecule has 1 aromatic rings. The molecule has 2 heterocycles. The van der Waals surface area contributed by atoms with E-state index >= 15 is 0 Å². The molecule has 0 unspecified atom stereocenters. The summed E-state index contributed by atoms with van der Waals surface area (Å²) in [7, 11) is 0. The fourth-order valence-corrected chi connectivity index (χ4v) is 3.77. The summed E-state index contributed by atoms with van der Waals surface area (Å²) >= 11 is 6.10. The molecule has 2 aliphatic rings. The van der Waals surface area contributed by atoms with Gasteiger partial charge in [-0.2, -0.15) is 0 Å². The molecule has 1 spiro atoms. The second-order valence-electron chi connectivity index (χ2n) is 9.86. The van der Waals surface area contributed by atoms with Crippen molar-refractivity contribution >= 4 is 29.4 Å². The van der Waals surface area contributed by atoms with E-state index in [4.69, 9.17) is 25.9 Å². The first-order valence-corrected chi connectivity index (χ1v) is 10.4. The van der Waals surface area contributed by atoms with Crippen molar-refractivity contribution in [2.24, 2.45) is 5.16 Å². The highest BCUT2D eigenvalue weighted by atomic mass is 35.5. The maximum Gasteiger partial charge on any atom is 0.411 e. The molecular formula is C22H29ClN2O5. The first-order valence-electron chi connectivity index (χ1n) is 10.0. The smallest absolute Gasteiger partial charge is 0.411 e. The number of benzene rings is 1. The topological polar surface area (TPSA) is 77.4 Å². The fraction of sp³-hybridized carbons (Fsp3) is 0.591. The van der Waals surface area contributed by atoms with Crippen LogP contribution in [-0.4, -0.2) is 52.1 Å². The van der Waals surface area contributed by atoms with Gasteiger partial charge >= 0.3 is 12.1 Å². The molecule has 1 aromatic carbocycles. The summed E-state index contributed by atoms with van der Waals surface area (Å²) < 4.78 is 11.1. The molecule has 0 saturated carbocycles. The van der Waals surface area contributed by atoms with Crippen LogP contribution in [0.25, 0.3) is 0 Å². The summed E-state index contributed by atoms with van der Waals surface area (Å²) in [6.07, 6.45) is 0.149. The third-order valence-electron chi connectivity index (χ3n) is 4.70. The third-order valence-corrected chi connectivity index (χ3v) is 4.94. The van der Waals surface area contributed by atoms with Crippen LogP contribution in [0.1, 0.15) is 59.9 Å². The van der Waals surface area contributed by atoms with Gasteiger partial charge in [-0.1, -0.05) is 28.9 Å². The molecule has 8 heteroatoms. The molecule has 7 nitrogen and oxygen atoms in total. The molecular weight excluding hydrogens is 408 g/mol. The largest absolute Gasteiger partial charge is 0.458 e. The maximum absolute atomic E-state index is 12.9. The molecule has 0 aromatic heterocycles. The summed E-state index contributed by atoms with van der Waals surface area (Å²) in [5.41, 5.74) is -0.596. The highest BCUT2D eigenvalue weighted by Gasteiger charge is 2.55. The van der Waals surface area contributed by atoms with Crippen molar-refractivity contribution in [3.05, 3.63) is 34.9 Å². The number of ether oxygens (including phenoxy) is 2. The van der Waals surface area contributed by atoms with E-state index < -0.39 is 34.9 Å². The lowest BCUT2D eigenvalue weighted by Gasteiger charge is -2.29. The van der Waals surface area contributed by atoms with Gasteiger partial charge in [0.15, 0.2) is 5.60 Å². The summed E-state index contributed by atoms with van der Waals surface area (Å²) in [6.45, 7) is 10.9. The lowest BCUT2D eigenvalue weighted by atomic mass is 9.92. The first kappa shape index (κ1) is 22.4. The van der Waals surface area contributed by atoms with Crippen LogP contribution >= 0.6 is 11.6 Å². The highest BCUT2D eigenvalue weighted by molar-refractivity contribution is 6.31. The Kier molecular flexibility index (Phi) is 5.80. The Labute approximate surface area is 182 Å². The molecule has 164 valence electrons. The standard InChI is InChI=1S/C22H29ClN2O5/c1-20(2,3)28-18(26)17-12-22(13-25(17)19(27)29-21(4,5)6)11-16(24-30-22)14-8-7-9-15(23)10-14/h7-10,17H,11-13H2,1-6H3/t17-,22-/m1/s1. The van der Waals surface area contributed by atoms with Crippen LogP contribution in [0, 0.1) is 0 Å². The van der Waals surface area contributed by atoms with Gasteiger partial charge in [-0.3, -0.25) is 4.90 Å². The number of halogens is 1. The van der Waals surface area contributed by atoms with Crippen molar-refractivity contribution in [2.45, 2.75) is 77.2 Å². The van der Waals surface area contributed by atoms with Crippen LogP contribution in [0.5, 0.6) is 0 Å². The Morgan fingerprint density at radius 2 is 1.83 bits per heavy atom. The fourth-order valence-electron chi connectivity index (χ4n) is 3.58. The van der Waals surface area contributed by atoms with Crippen LogP contribution in [-0.2, 0) is 19.1 Å². The molecule has 30 heavy (non-hydrogen) atoms. The minimum atomic E-state index is -0.812. The lowest BCUT2D eigenvalue weighted by molar-refractivity contribution is -0.160. The van der Waals surface area contributed by atoms with E-state index in [1.807, 2.05) is 18.2 Å². The average Bonchev–Trinajstić information content (AvgIpc) is 3.17. The zero-order valence-electron chi connectivity index (χ0n) is 18.3. The SMILES string of the molecule is CC(C)(C)OC(=O)[C@H]1C[C@]2(CC(c3cccc(Cl)c3)=NO2)CN1C(=O)OC(C)(C)C. The summed E-state index contributed by atoms with van der Waals surface area (Å²) in [6, 6.07) is 6.53. The van der Waals surface area contributed by atoms with Gasteiger partial charge in [-0.25, -0.2) is 9.59 Å². The Balaban J connectivity index is 1.82. The summed E-state index contributed by atoms with van der Waals surface area (Å²) in [5.74, 6) is -0.481. The Morgan fingerprint density at radius 1 is 1.17 bits per heavy atom. The van der Waals surface area contributed by atoms with Gasteiger partial charge in [-0.05, 0) is 53.7 Å². The van der Waals surface area contributed by atoms with Gasteiger partial charge in [0, 0.05) is 23.4 Å². The zero-order chi connectivity index (χ0) is 22.3. The number of nitrogens with zero attached hydrogens (tertiary/aromatic N) is 2. The molecule has 1 fully saturated rings. The Bertz CT molecular complexity index is 833. The van der Waals surface area contributed by atoms with Gasteiger partial charge in [0.25, 0.3) is 0 Å². The van der Waals surface area contributed by atoms with Gasteiger partial charge in [0.1, 0.15) is 17.2 Å². The van der Waals surface area contributed by atoms with Gasteiger partial charge < -0.3 is 14.3 Å². The van der Waals surface area contributed by atoms with Gasteiger partial charge in [0.05, 0.1) is 12.3 Å². The van der Waals surface area contributed by atoms with Crippen LogP contribution in [0.15, 0.2) is 29.4 Å². The number of amides is 1. The number of rotatable bonds is 2. The predicted molar refractivity (Wildman–Crippen MR) is 114 cm³/mol. The first-order chi connectivity index (χ1) is 13.8. The maximum atomic E-state index is 12.9. The number of hydrogen-bond acceptors (Lipinski definition) is 6. The quantitative estimate of drug-likeness (QED) is 0.635. The number of carbonyl (C=O) groups excluding carboxylic acids is 2. The monoisotopic (exact) mass is 436 g/mol. The molecule has 0 N–H and O–H groups in total. The van der Waals surface area contributed by atoms with Crippen molar-refractivity contribution in [1.82, 2.24) is 4.90 Å². The third kappa shape index (κ3) is 5.25. The number of hydrogen-bond donors (Lipinski definition) is 0. The molecule has 3 rings (SSSR count). The van der Waals surface area contributed by atoms with E-state index in [9.17, 15) is 9.59 Å². The molecule has 2 aliphatic heterocycles. The Hall–Kier alpha value is -2.28. The van der Waals surface area contributed by atoms with E-state index in [1.54, 1.807) is 47.6 Å². The Morgan fingerprint density at radius 3 is 2.43 bits per heavy atom. The summed E-state index contributed by atoms with van der Waals surface area (Å²) in [4.78, 5) is 33.0. The van der Waals surface area contributed by atoms with Crippen LogP contribution < -0.4 is 0 Å². The zero-order valence-corrected chi connectivity index (χ0v) is 19.1.